The third kappa shape index (κ3) is 4.17. The first-order valence-corrected chi connectivity index (χ1v) is 8.29. The largest absolute Gasteiger partial charge is 0.497 e. The number of carbonyl (C=O) groups excluding carboxylic acids is 1. The van der Waals surface area contributed by atoms with Crippen molar-refractivity contribution in [3.63, 3.8) is 0 Å². The van der Waals surface area contributed by atoms with Crippen molar-refractivity contribution in [1.82, 2.24) is 5.32 Å². The molecule has 0 fully saturated rings. The highest BCUT2D eigenvalue weighted by Crippen LogP contribution is 2.26. The molecule has 0 atom stereocenters. The van der Waals surface area contributed by atoms with Crippen molar-refractivity contribution in [2.75, 3.05) is 13.7 Å². The molecule has 1 N–H and O–H groups in total. The lowest BCUT2D eigenvalue weighted by Crippen LogP contribution is -2.28. The van der Waals surface area contributed by atoms with Gasteiger partial charge in [0.25, 0.3) is 5.91 Å². The molecule has 1 amide bonds. The van der Waals surface area contributed by atoms with Gasteiger partial charge in [-0.1, -0.05) is 6.07 Å². The zero-order valence-corrected chi connectivity index (χ0v) is 14.0. The Labute approximate surface area is 143 Å². The van der Waals surface area contributed by atoms with Crippen LogP contribution in [0.2, 0.25) is 0 Å². The van der Waals surface area contributed by atoms with Gasteiger partial charge in [0.05, 0.1) is 18.5 Å². The average molecular weight is 343 g/mol. The third-order valence-corrected chi connectivity index (χ3v) is 4.20. The van der Waals surface area contributed by atoms with Crippen LogP contribution >= 0.6 is 11.3 Å². The Bertz CT molecular complexity index is 778. The predicted octanol–water partition coefficient (Wildman–Crippen LogP) is 3.71. The molecule has 2 heterocycles. The van der Waals surface area contributed by atoms with Crippen LogP contribution in [0.5, 0.6) is 11.5 Å². The van der Waals surface area contributed by atoms with E-state index in [0.717, 1.165) is 16.4 Å². The molecule has 0 unspecified atom stereocenters. The van der Waals surface area contributed by atoms with Crippen LogP contribution in [-0.2, 0) is 11.3 Å². The van der Waals surface area contributed by atoms with Crippen molar-refractivity contribution in [2.24, 2.45) is 0 Å². The fraction of sp³-hybridized carbons (Fsp3) is 0.167. The molecule has 0 radical (unpaired) electrons. The molecule has 6 heteroatoms. The summed E-state index contributed by atoms with van der Waals surface area (Å²) in [6.45, 7) is 0.279. The first-order chi connectivity index (χ1) is 11.7. The molecule has 5 nitrogen and oxygen atoms in total. The van der Waals surface area contributed by atoms with Crippen LogP contribution in [0.15, 0.2) is 58.3 Å². The van der Waals surface area contributed by atoms with Crippen LogP contribution in [0.4, 0.5) is 0 Å². The lowest BCUT2D eigenvalue weighted by atomic mass is 10.3. The van der Waals surface area contributed by atoms with Crippen molar-refractivity contribution >= 4 is 17.2 Å². The number of thiophene rings is 1. The Morgan fingerprint density at radius 3 is 2.62 bits per heavy atom. The number of benzene rings is 1. The first kappa shape index (κ1) is 16.1. The highest BCUT2D eigenvalue weighted by Gasteiger charge is 2.08. The van der Waals surface area contributed by atoms with Gasteiger partial charge in [0.1, 0.15) is 23.0 Å². The molecule has 124 valence electrons. The summed E-state index contributed by atoms with van der Waals surface area (Å²) in [5.41, 5.74) is 0. The molecular weight excluding hydrogens is 326 g/mol. The van der Waals surface area contributed by atoms with Gasteiger partial charge in [0, 0.05) is 0 Å². The van der Waals surface area contributed by atoms with Gasteiger partial charge in [0.15, 0.2) is 6.61 Å². The number of methoxy groups -OCH3 is 1. The van der Waals surface area contributed by atoms with Crippen LogP contribution in [0.3, 0.4) is 0 Å². The molecular formula is C18H17NO4S. The Morgan fingerprint density at radius 1 is 1.12 bits per heavy atom. The van der Waals surface area contributed by atoms with E-state index in [4.69, 9.17) is 13.9 Å². The Balaban J connectivity index is 1.45. The van der Waals surface area contributed by atoms with E-state index in [2.05, 4.69) is 5.32 Å². The van der Waals surface area contributed by atoms with Crippen LogP contribution < -0.4 is 14.8 Å². The number of ether oxygens (including phenoxy) is 2. The molecule has 0 aliphatic carbocycles. The number of hydrogen-bond donors (Lipinski definition) is 1. The van der Waals surface area contributed by atoms with E-state index in [1.807, 2.05) is 29.6 Å². The molecule has 0 spiro atoms. The minimum Gasteiger partial charge on any atom is -0.497 e. The minimum absolute atomic E-state index is 0.0508. The second kappa shape index (κ2) is 7.70. The highest BCUT2D eigenvalue weighted by atomic mass is 32.1. The van der Waals surface area contributed by atoms with E-state index < -0.39 is 0 Å². The lowest BCUT2D eigenvalue weighted by Gasteiger charge is -2.07. The van der Waals surface area contributed by atoms with Crippen LogP contribution in [0.1, 0.15) is 5.76 Å². The second-order valence-corrected chi connectivity index (χ2v) is 5.93. The van der Waals surface area contributed by atoms with E-state index in [1.54, 1.807) is 42.7 Å². The minimum atomic E-state index is -0.208. The SMILES string of the molecule is COc1ccc(OCC(=O)NCc2ccc(-c3cccs3)o2)cc1. The lowest BCUT2D eigenvalue weighted by molar-refractivity contribution is -0.123. The zero-order valence-electron chi connectivity index (χ0n) is 13.2. The van der Waals surface area contributed by atoms with E-state index in [0.29, 0.717) is 18.1 Å². The summed E-state index contributed by atoms with van der Waals surface area (Å²) in [6.07, 6.45) is 0. The summed E-state index contributed by atoms with van der Waals surface area (Å²) in [4.78, 5) is 12.9. The Hall–Kier alpha value is -2.73. The molecule has 24 heavy (non-hydrogen) atoms. The molecule has 0 saturated heterocycles. The topological polar surface area (TPSA) is 60.7 Å². The maximum absolute atomic E-state index is 11.8. The number of amides is 1. The first-order valence-electron chi connectivity index (χ1n) is 7.41. The van der Waals surface area contributed by atoms with Crippen molar-refractivity contribution < 1.29 is 18.7 Å². The van der Waals surface area contributed by atoms with Gasteiger partial charge in [-0.25, -0.2) is 0 Å². The predicted molar refractivity (Wildman–Crippen MR) is 92.4 cm³/mol. The summed E-state index contributed by atoms with van der Waals surface area (Å²) < 4.78 is 16.2. The second-order valence-electron chi connectivity index (χ2n) is 4.98. The highest BCUT2D eigenvalue weighted by molar-refractivity contribution is 7.13. The molecule has 0 saturated carbocycles. The summed E-state index contributed by atoms with van der Waals surface area (Å²) in [7, 11) is 1.60. The van der Waals surface area contributed by atoms with Gasteiger partial charge in [-0.3, -0.25) is 4.79 Å². The third-order valence-electron chi connectivity index (χ3n) is 3.31. The van der Waals surface area contributed by atoms with Crippen LogP contribution in [-0.4, -0.2) is 19.6 Å². The molecule has 0 bridgehead atoms. The summed E-state index contributed by atoms with van der Waals surface area (Å²) >= 11 is 1.61. The molecule has 0 aliphatic heterocycles. The number of rotatable bonds is 7. The smallest absolute Gasteiger partial charge is 0.258 e. The fourth-order valence-corrected chi connectivity index (χ4v) is 2.77. The van der Waals surface area contributed by atoms with E-state index in [1.165, 1.54) is 0 Å². The van der Waals surface area contributed by atoms with Gasteiger partial charge in [-0.15, -0.1) is 11.3 Å². The van der Waals surface area contributed by atoms with Crippen molar-refractivity contribution in [2.45, 2.75) is 6.54 Å². The van der Waals surface area contributed by atoms with Crippen molar-refractivity contribution in [3.05, 3.63) is 59.7 Å². The van der Waals surface area contributed by atoms with Gasteiger partial charge in [-0.2, -0.15) is 0 Å². The summed E-state index contributed by atoms with van der Waals surface area (Å²) in [6, 6.07) is 14.8. The number of hydrogen-bond acceptors (Lipinski definition) is 5. The quantitative estimate of drug-likeness (QED) is 0.710. The van der Waals surface area contributed by atoms with Gasteiger partial charge in [0.2, 0.25) is 0 Å². The molecule has 3 rings (SSSR count). The maximum Gasteiger partial charge on any atom is 0.258 e. The van der Waals surface area contributed by atoms with Gasteiger partial charge >= 0.3 is 0 Å². The van der Waals surface area contributed by atoms with Crippen molar-refractivity contribution in [3.8, 4) is 22.1 Å². The number of carbonyl (C=O) groups is 1. The zero-order chi connectivity index (χ0) is 16.8. The fourth-order valence-electron chi connectivity index (χ4n) is 2.08. The average Bonchev–Trinajstić information content (AvgIpc) is 3.29. The Morgan fingerprint density at radius 2 is 1.92 bits per heavy atom. The summed E-state index contributed by atoms with van der Waals surface area (Å²) in [5.74, 6) is 2.66. The monoisotopic (exact) mass is 343 g/mol. The summed E-state index contributed by atoms with van der Waals surface area (Å²) in [5, 5.41) is 4.77. The molecule has 3 aromatic rings. The van der Waals surface area contributed by atoms with E-state index >= 15 is 0 Å². The molecule has 2 aromatic heterocycles. The van der Waals surface area contributed by atoms with Gasteiger partial charge in [-0.05, 0) is 47.8 Å². The van der Waals surface area contributed by atoms with Gasteiger partial charge < -0.3 is 19.2 Å². The standard InChI is InChI=1S/C18H17NO4S/c1-21-13-4-6-14(7-5-13)22-12-18(20)19-11-15-8-9-16(23-15)17-3-2-10-24-17/h2-10H,11-12H2,1H3,(H,19,20). The normalized spacial score (nSPS) is 10.4. The van der Waals surface area contributed by atoms with Crippen LogP contribution in [0.25, 0.3) is 10.6 Å². The molecule has 0 aliphatic rings. The number of nitrogens with one attached hydrogen (secondary N) is 1. The molecule has 1 aromatic carbocycles. The Kier molecular flexibility index (Phi) is 5.18. The van der Waals surface area contributed by atoms with Crippen LogP contribution in [0, 0.1) is 0 Å². The van der Waals surface area contributed by atoms with E-state index in [9.17, 15) is 4.79 Å². The van der Waals surface area contributed by atoms with Crippen molar-refractivity contribution in [1.29, 1.82) is 0 Å². The number of furan rings is 1. The van der Waals surface area contributed by atoms with E-state index in [-0.39, 0.29) is 12.5 Å². The maximum atomic E-state index is 11.8.